The van der Waals surface area contributed by atoms with Crippen molar-refractivity contribution in [1.29, 1.82) is 0 Å². The Morgan fingerprint density at radius 1 is 1.16 bits per heavy atom. The van der Waals surface area contributed by atoms with Crippen LogP contribution in [0.5, 0.6) is 0 Å². The van der Waals surface area contributed by atoms with Gasteiger partial charge in [0.25, 0.3) is 0 Å². The van der Waals surface area contributed by atoms with E-state index in [0.717, 1.165) is 11.6 Å². The molecule has 0 atom stereocenters. The van der Waals surface area contributed by atoms with Crippen molar-refractivity contribution in [2.45, 2.75) is 25.8 Å². The van der Waals surface area contributed by atoms with Gasteiger partial charge in [-0.15, -0.1) is 11.3 Å². The topological polar surface area (TPSA) is 28.2 Å². The summed E-state index contributed by atoms with van der Waals surface area (Å²) >= 11 is 1.70. The minimum absolute atomic E-state index is 0.808. The van der Waals surface area contributed by atoms with Gasteiger partial charge in [0, 0.05) is 24.7 Å². The van der Waals surface area contributed by atoms with Gasteiger partial charge < -0.3 is 10.2 Å². The molecule has 1 aliphatic heterocycles. The van der Waals surface area contributed by atoms with Crippen LogP contribution in [-0.2, 0) is 6.54 Å². The molecule has 2 heterocycles. The molecule has 3 nitrogen and oxygen atoms in total. The van der Waals surface area contributed by atoms with E-state index in [0.29, 0.717) is 0 Å². The van der Waals surface area contributed by atoms with Gasteiger partial charge in [-0.1, -0.05) is 12.1 Å². The Hall–Kier alpha value is -1.55. The lowest BCUT2D eigenvalue weighted by Gasteiger charge is -2.30. The molecule has 0 unspecified atom stereocenters. The number of rotatable bonds is 4. The Bertz CT molecular complexity index is 504. The SMILES string of the molecule is c1ccc(N2CCCCC2)c(NCc2nccs2)c1. The van der Waals surface area contributed by atoms with Crippen LogP contribution in [0.15, 0.2) is 35.8 Å². The van der Waals surface area contributed by atoms with Gasteiger partial charge in [0.05, 0.1) is 17.9 Å². The Labute approximate surface area is 118 Å². The molecule has 0 spiro atoms. The highest BCUT2D eigenvalue weighted by Gasteiger charge is 2.13. The summed E-state index contributed by atoms with van der Waals surface area (Å²) in [6.07, 6.45) is 5.84. The lowest BCUT2D eigenvalue weighted by Crippen LogP contribution is -2.30. The lowest BCUT2D eigenvalue weighted by molar-refractivity contribution is 0.578. The standard InChI is InChI=1S/C15H19N3S/c1-4-9-18(10-5-1)14-7-3-2-6-13(14)17-12-15-16-8-11-19-15/h2-3,6-8,11,17H,1,4-5,9-10,12H2. The summed E-state index contributed by atoms with van der Waals surface area (Å²) < 4.78 is 0. The first-order valence-electron chi connectivity index (χ1n) is 6.90. The van der Waals surface area contributed by atoms with Crippen LogP contribution in [0.25, 0.3) is 0 Å². The van der Waals surface area contributed by atoms with Crippen LogP contribution in [0, 0.1) is 0 Å². The predicted octanol–water partition coefficient (Wildman–Crippen LogP) is 3.75. The Morgan fingerprint density at radius 2 is 2.00 bits per heavy atom. The van der Waals surface area contributed by atoms with Crippen molar-refractivity contribution in [2.24, 2.45) is 0 Å². The number of thiazole rings is 1. The molecule has 0 bridgehead atoms. The zero-order chi connectivity index (χ0) is 12.9. The predicted molar refractivity (Wildman–Crippen MR) is 81.9 cm³/mol. The van der Waals surface area contributed by atoms with Crippen LogP contribution in [0.3, 0.4) is 0 Å². The molecule has 1 aliphatic rings. The van der Waals surface area contributed by atoms with E-state index in [1.165, 1.54) is 43.7 Å². The molecule has 1 N–H and O–H groups in total. The number of piperidine rings is 1. The van der Waals surface area contributed by atoms with Crippen LogP contribution in [0.2, 0.25) is 0 Å². The van der Waals surface area contributed by atoms with Crippen LogP contribution in [-0.4, -0.2) is 18.1 Å². The quantitative estimate of drug-likeness (QED) is 0.919. The van der Waals surface area contributed by atoms with Crippen molar-refractivity contribution in [1.82, 2.24) is 4.98 Å². The molecule has 19 heavy (non-hydrogen) atoms. The lowest BCUT2D eigenvalue weighted by atomic mass is 10.1. The van der Waals surface area contributed by atoms with Crippen LogP contribution < -0.4 is 10.2 Å². The number of benzene rings is 1. The molecule has 1 saturated heterocycles. The van der Waals surface area contributed by atoms with Crippen LogP contribution in [0.1, 0.15) is 24.3 Å². The fourth-order valence-electron chi connectivity index (χ4n) is 2.54. The second-order valence-corrected chi connectivity index (χ2v) is 5.82. The van der Waals surface area contributed by atoms with Gasteiger partial charge in [0.2, 0.25) is 0 Å². The summed E-state index contributed by atoms with van der Waals surface area (Å²) in [6.45, 7) is 3.16. The smallest absolute Gasteiger partial charge is 0.112 e. The van der Waals surface area contributed by atoms with E-state index in [1.54, 1.807) is 11.3 Å². The number of para-hydroxylation sites is 2. The minimum atomic E-state index is 0.808. The Morgan fingerprint density at radius 3 is 2.79 bits per heavy atom. The van der Waals surface area contributed by atoms with Gasteiger partial charge in [-0.25, -0.2) is 4.98 Å². The zero-order valence-corrected chi connectivity index (χ0v) is 11.8. The van der Waals surface area contributed by atoms with E-state index < -0.39 is 0 Å². The maximum atomic E-state index is 4.32. The average Bonchev–Trinajstić information content (AvgIpc) is 3.00. The van der Waals surface area contributed by atoms with E-state index in [4.69, 9.17) is 0 Å². The molecule has 1 fully saturated rings. The van der Waals surface area contributed by atoms with Crippen molar-refractivity contribution in [3.8, 4) is 0 Å². The highest BCUT2D eigenvalue weighted by Crippen LogP contribution is 2.28. The fourth-order valence-corrected chi connectivity index (χ4v) is 3.10. The number of hydrogen-bond donors (Lipinski definition) is 1. The third-order valence-corrected chi connectivity index (χ3v) is 4.29. The Balaban J connectivity index is 1.73. The summed E-state index contributed by atoms with van der Waals surface area (Å²) in [6, 6.07) is 8.60. The summed E-state index contributed by atoms with van der Waals surface area (Å²) in [5.74, 6) is 0. The minimum Gasteiger partial charge on any atom is -0.377 e. The van der Waals surface area contributed by atoms with Gasteiger partial charge >= 0.3 is 0 Å². The number of hydrogen-bond acceptors (Lipinski definition) is 4. The second kappa shape index (κ2) is 6.06. The third-order valence-electron chi connectivity index (χ3n) is 3.51. The van der Waals surface area contributed by atoms with Crippen molar-refractivity contribution < 1.29 is 0 Å². The number of nitrogens with one attached hydrogen (secondary N) is 1. The third kappa shape index (κ3) is 3.07. The van der Waals surface area contributed by atoms with Crippen molar-refractivity contribution in [3.05, 3.63) is 40.8 Å². The molecule has 3 rings (SSSR count). The second-order valence-electron chi connectivity index (χ2n) is 4.84. The molecule has 100 valence electrons. The maximum absolute atomic E-state index is 4.32. The maximum Gasteiger partial charge on any atom is 0.112 e. The highest BCUT2D eigenvalue weighted by molar-refractivity contribution is 7.09. The van der Waals surface area contributed by atoms with Gasteiger partial charge in [0.15, 0.2) is 0 Å². The monoisotopic (exact) mass is 273 g/mol. The van der Waals surface area contributed by atoms with E-state index in [-0.39, 0.29) is 0 Å². The van der Waals surface area contributed by atoms with Gasteiger partial charge in [-0.3, -0.25) is 0 Å². The van der Waals surface area contributed by atoms with Crippen molar-refractivity contribution >= 4 is 22.7 Å². The van der Waals surface area contributed by atoms with Crippen molar-refractivity contribution in [3.63, 3.8) is 0 Å². The highest BCUT2D eigenvalue weighted by atomic mass is 32.1. The normalized spacial score (nSPS) is 15.5. The molecule has 0 aliphatic carbocycles. The van der Waals surface area contributed by atoms with Gasteiger partial charge in [-0.2, -0.15) is 0 Å². The van der Waals surface area contributed by atoms with Crippen LogP contribution in [0.4, 0.5) is 11.4 Å². The molecule has 0 saturated carbocycles. The summed E-state index contributed by atoms with van der Waals surface area (Å²) in [5, 5.41) is 6.67. The van der Waals surface area contributed by atoms with Crippen molar-refractivity contribution in [2.75, 3.05) is 23.3 Å². The largest absolute Gasteiger partial charge is 0.377 e. The number of anilines is 2. The summed E-state index contributed by atoms with van der Waals surface area (Å²) in [4.78, 5) is 6.81. The number of aromatic nitrogens is 1. The van der Waals surface area contributed by atoms with E-state index >= 15 is 0 Å². The zero-order valence-electron chi connectivity index (χ0n) is 11.0. The first-order valence-corrected chi connectivity index (χ1v) is 7.78. The molecule has 4 heteroatoms. The summed E-state index contributed by atoms with van der Waals surface area (Å²) in [5.41, 5.74) is 2.55. The molecule has 0 radical (unpaired) electrons. The molecule has 1 aromatic carbocycles. The first-order chi connectivity index (χ1) is 9.43. The average molecular weight is 273 g/mol. The molecule has 1 aromatic heterocycles. The fraction of sp³-hybridized carbons (Fsp3) is 0.400. The van der Waals surface area contributed by atoms with E-state index in [1.807, 2.05) is 11.6 Å². The molecule has 2 aromatic rings. The number of nitrogens with zero attached hydrogens (tertiary/aromatic N) is 2. The van der Waals surface area contributed by atoms with Crippen LogP contribution >= 0.6 is 11.3 Å². The van der Waals surface area contributed by atoms with E-state index in [2.05, 4.69) is 39.5 Å². The Kier molecular flexibility index (Phi) is 3.98. The van der Waals surface area contributed by atoms with E-state index in [9.17, 15) is 0 Å². The molecular formula is C15H19N3S. The first kappa shape index (κ1) is 12.5. The van der Waals surface area contributed by atoms with Gasteiger partial charge in [0.1, 0.15) is 5.01 Å². The van der Waals surface area contributed by atoms with Gasteiger partial charge in [-0.05, 0) is 31.4 Å². The molecular weight excluding hydrogens is 254 g/mol. The summed E-state index contributed by atoms with van der Waals surface area (Å²) in [7, 11) is 0. The molecule has 0 amide bonds.